The molecule has 0 amide bonds. The fourth-order valence-corrected chi connectivity index (χ4v) is 1.21. The number of aromatic nitrogens is 1. The molecule has 0 saturated carbocycles. The van der Waals surface area contributed by atoms with Crippen LogP contribution in [-0.2, 0) is 0 Å². The van der Waals surface area contributed by atoms with Gasteiger partial charge in [-0.25, -0.2) is 4.98 Å². The van der Waals surface area contributed by atoms with Gasteiger partial charge in [-0.3, -0.25) is 0 Å². The van der Waals surface area contributed by atoms with E-state index < -0.39 is 0 Å². The fraction of sp³-hybridized carbons (Fsp3) is 0.500. The molecule has 0 aliphatic heterocycles. The van der Waals surface area contributed by atoms with Gasteiger partial charge in [0.15, 0.2) is 0 Å². The van der Waals surface area contributed by atoms with Crippen molar-refractivity contribution in [3.05, 3.63) is 22.3 Å². The van der Waals surface area contributed by atoms with Crippen molar-refractivity contribution in [1.29, 1.82) is 0 Å². The second kappa shape index (κ2) is 4.85. The van der Waals surface area contributed by atoms with Gasteiger partial charge in [0.25, 0.3) is 0 Å². The SMILES string of the molecule is CC(C)C(C)Nc1nc(Cl)ccc1Cl. The van der Waals surface area contributed by atoms with E-state index in [1.165, 1.54) is 0 Å². The highest BCUT2D eigenvalue weighted by molar-refractivity contribution is 6.34. The number of nitrogens with one attached hydrogen (secondary N) is 1. The van der Waals surface area contributed by atoms with E-state index in [2.05, 4.69) is 31.1 Å². The normalized spacial score (nSPS) is 13.0. The molecule has 0 spiro atoms. The summed E-state index contributed by atoms with van der Waals surface area (Å²) in [5, 5.41) is 4.27. The van der Waals surface area contributed by atoms with Crippen LogP contribution in [0.4, 0.5) is 5.82 Å². The molecular weight excluding hydrogens is 219 g/mol. The van der Waals surface area contributed by atoms with Gasteiger partial charge in [-0.05, 0) is 25.0 Å². The number of hydrogen-bond donors (Lipinski definition) is 1. The molecule has 0 bridgehead atoms. The molecule has 0 radical (unpaired) electrons. The molecule has 0 aliphatic carbocycles. The largest absolute Gasteiger partial charge is 0.366 e. The van der Waals surface area contributed by atoms with Crippen molar-refractivity contribution < 1.29 is 0 Å². The standard InChI is InChI=1S/C10H14Cl2N2/c1-6(2)7(3)13-10-8(11)4-5-9(12)14-10/h4-7H,1-3H3,(H,13,14). The molecule has 4 heteroatoms. The molecular formula is C10H14Cl2N2. The van der Waals surface area contributed by atoms with Crippen molar-refractivity contribution in [2.75, 3.05) is 5.32 Å². The Hall–Kier alpha value is -0.470. The minimum absolute atomic E-state index is 0.318. The van der Waals surface area contributed by atoms with E-state index in [0.717, 1.165) is 0 Å². The number of anilines is 1. The van der Waals surface area contributed by atoms with Crippen molar-refractivity contribution in [3.8, 4) is 0 Å². The van der Waals surface area contributed by atoms with Gasteiger partial charge >= 0.3 is 0 Å². The van der Waals surface area contributed by atoms with Crippen LogP contribution in [-0.4, -0.2) is 11.0 Å². The van der Waals surface area contributed by atoms with E-state index in [9.17, 15) is 0 Å². The molecule has 1 aromatic rings. The average molecular weight is 233 g/mol. The Morgan fingerprint density at radius 2 is 1.86 bits per heavy atom. The molecule has 2 nitrogen and oxygen atoms in total. The van der Waals surface area contributed by atoms with E-state index in [1.54, 1.807) is 12.1 Å². The molecule has 0 fully saturated rings. The Morgan fingerprint density at radius 3 is 2.43 bits per heavy atom. The van der Waals surface area contributed by atoms with E-state index >= 15 is 0 Å². The second-order valence-electron chi connectivity index (χ2n) is 3.64. The van der Waals surface area contributed by atoms with Gasteiger partial charge in [-0.1, -0.05) is 37.0 Å². The summed E-state index contributed by atoms with van der Waals surface area (Å²) in [7, 11) is 0. The smallest absolute Gasteiger partial charge is 0.146 e. The Bertz CT molecular complexity index is 313. The lowest BCUT2D eigenvalue weighted by molar-refractivity contribution is 0.558. The molecule has 1 heterocycles. The van der Waals surface area contributed by atoms with Crippen molar-refractivity contribution in [2.45, 2.75) is 26.8 Å². The lowest BCUT2D eigenvalue weighted by Crippen LogP contribution is -2.22. The van der Waals surface area contributed by atoms with Crippen LogP contribution < -0.4 is 5.32 Å². The zero-order chi connectivity index (χ0) is 10.7. The molecule has 0 saturated heterocycles. The molecule has 0 aromatic carbocycles. The third-order valence-corrected chi connectivity index (χ3v) is 2.69. The number of nitrogens with zero attached hydrogens (tertiary/aromatic N) is 1. The van der Waals surface area contributed by atoms with E-state index in [1.807, 2.05) is 0 Å². The Labute approximate surface area is 94.6 Å². The van der Waals surface area contributed by atoms with Crippen molar-refractivity contribution in [3.63, 3.8) is 0 Å². The van der Waals surface area contributed by atoms with Gasteiger partial charge in [-0.15, -0.1) is 0 Å². The summed E-state index contributed by atoms with van der Waals surface area (Å²) in [6.07, 6.45) is 0. The van der Waals surface area contributed by atoms with Crippen LogP contribution in [0.15, 0.2) is 12.1 Å². The third kappa shape index (κ3) is 3.03. The summed E-state index contributed by atoms with van der Waals surface area (Å²) in [6.45, 7) is 6.36. The minimum Gasteiger partial charge on any atom is -0.366 e. The quantitative estimate of drug-likeness (QED) is 0.802. The number of pyridine rings is 1. The van der Waals surface area contributed by atoms with Crippen molar-refractivity contribution in [1.82, 2.24) is 4.98 Å². The maximum atomic E-state index is 5.96. The first-order chi connectivity index (χ1) is 6.50. The molecule has 1 rings (SSSR count). The Morgan fingerprint density at radius 1 is 1.21 bits per heavy atom. The molecule has 1 aromatic heterocycles. The zero-order valence-electron chi connectivity index (χ0n) is 8.51. The van der Waals surface area contributed by atoms with Crippen LogP contribution in [0.2, 0.25) is 10.2 Å². The van der Waals surface area contributed by atoms with Gasteiger partial charge in [-0.2, -0.15) is 0 Å². The van der Waals surface area contributed by atoms with Crippen molar-refractivity contribution >= 4 is 29.0 Å². The highest BCUT2D eigenvalue weighted by Crippen LogP contribution is 2.23. The predicted octanol–water partition coefficient (Wildman–Crippen LogP) is 3.84. The van der Waals surface area contributed by atoms with Gasteiger partial charge in [0.2, 0.25) is 0 Å². The zero-order valence-corrected chi connectivity index (χ0v) is 10.0. The van der Waals surface area contributed by atoms with Gasteiger partial charge < -0.3 is 5.32 Å². The molecule has 0 aliphatic rings. The summed E-state index contributed by atoms with van der Waals surface area (Å²) >= 11 is 11.7. The first-order valence-corrected chi connectivity index (χ1v) is 5.35. The summed E-state index contributed by atoms with van der Waals surface area (Å²) in [4.78, 5) is 4.12. The molecule has 1 unspecified atom stereocenters. The van der Waals surface area contributed by atoms with E-state index in [-0.39, 0.29) is 0 Å². The lowest BCUT2D eigenvalue weighted by atomic mass is 10.1. The predicted molar refractivity (Wildman–Crippen MR) is 62.2 cm³/mol. The van der Waals surface area contributed by atoms with Crippen LogP contribution in [0.5, 0.6) is 0 Å². The van der Waals surface area contributed by atoms with Gasteiger partial charge in [0.05, 0.1) is 5.02 Å². The van der Waals surface area contributed by atoms with Crippen LogP contribution >= 0.6 is 23.2 Å². The van der Waals surface area contributed by atoms with E-state index in [0.29, 0.717) is 28.0 Å². The van der Waals surface area contributed by atoms with Gasteiger partial charge in [0, 0.05) is 6.04 Å². The summed E-state index contributed by atoms with van der Waals surface area (Å²) < 4.78 is 0. The number of rotatable bonds is 3. The summed E-state index contributed by atoms with van der Waals surface area (Å²) in [5.74, 6) is 1.17. The Kier molecular flexibility index (Phi) is 4.02. The number of hydrogen-bond acceptors (Lipinski definition) is 2. The highest BCUT2D eigenvalue weighted by Gasteiger charge is 2.10. The molecule has 78 valence electrons. The molecule has 1 atom stereocenters. The van der Waals surface area contributed by atoms with E-state index in [4.69, 9.17) is 23.2 Å². The first-order valence-electron chi connectivity index (χ1n) is 4.59. The van der Waals surface area contributed by atoms with Crippen LogP contribution in [0.3, 0.4) is 0 Å². The second-order valence-corrected chi connectivity index (χ2v) is 4.44. The van der Waals surface area contributed by atoms with Crippen LogP contribution in [0, 0.1) is 5.92 Å². The number of halogens is 2. The first kappa shape index (κ1) is 11.6. The third-order valence-electron chi connectivity index (χ3n) is 2.18. The van der Waals surface area contributed by atoms with Gasteiger partial charge in [0.1, 0.15) is 11.0 Å². The monoisotopic (exact) mass is 232 g/mol. The average Bonchev–Trinajstić information content (AvgIpc) is 2.11. The maximum Gasteiger partial charge on any atom is 0.146 e. The van der Waals surface area contributed by atoms with Crippen LogP contribution in [0.25, 0.3) is 0 Å². The Balaban J connectivity index is 2.80. The molecule has 14 heavy (non-hydrogen) atoms. The highest BCUT2D eigenvalue weighted by atomic mass is 35.5. The molecule has 1 N–H and O–H groups in total. The van der Waals surface area contributed by atoms with Crippen LogP contribution in [0.1, 0.15) is 20.8 Å². The fourth-order valence-electron chi connectivity index (χ4n) is 0.902. The maximum absolute atomic E-state index is 5.96. The summed E-state index contributed by atoms with van der Waals surface area (Å²) in [6, 6.07) is 3.74. The minimum atomic E-state index is 0.318. The summed E-state index contributed by atoms with van der Waals surface area (Å²) in [5.41, 5.74) is 0. The topological polar surface area (TPSA) is 24.9 Å². The lowest BCUT2D eigenvalue weighted by Gasteiger charge is -2.18. The van der Waals surface area contributed by atoms with Crippen molar-refractivity contribution in [2.24, 2.45) is 5.92 Å².